The van der Waals surface area contributed by atoms with Gasteiger partial charge in [-0.3, -0.25) is 0 Å². The molecule has 1 N–H and O–H groups in total. The number of aryl methyl sites for hydroxylation is 1. The van der Waals surface area contributed by atoms with Crippen molar-refractivity contribution in [1.82, 2.24) is 10.1 Å². The summed E-state index contributed by atoms with van der Waals surface area (Å²) in [7, 11) is 0. The Balaban J connectivity index is 2.29. The summed E-state index contributed by atoms with van der Waals surface area (Å²) in [5, 5.41) is 13.4. The fourth-order valence-corrected chi connectivity index (χ4v) is 1.94. The number of phenols is 1. The van der Waals surface area contributed by atoms with Crippen molar-refractivity contribution in [3.63, 3.8) is 0 Å². The normalized spacial score (nSPS) is 12.6. The van der Waals surface area contributed by atoms with Crippen LogP contribution in [0.2, 0.25) is 0 Å². The van der Waals surface area contributed by atoms with Crippen LogP contribution < -0.4 is 0 Å². The molecule has 1 atom stereocenters. The van der Waals surface area contributed by atoms with E-state index in [1.54, 1.807) is 18.2 Å². The molecule has 0 amide bonds. The maximum atomic E-state index is 9.40. The van der Waals surface area contributed by atoms with Gasteiger partial charge in [0.05, 0.1) is 0 Å². The first-order valence-electron chi connectivity index (χ1n) is 6.40. The first-order valence-corrected chi connectivity index (χ1v) is 6.40. The maximum absolute atomic E-state index is 9.40. The van der Waals surface area contributed by atoms with Gasteiger partial charge >= 0.3 is 0 Å². The van der Waals surface area contributed by atoms with Gasteiger partial charge in [0.25, 0.3) is 5.89 Å². The summed E-state index contributed by atoms with van der Waals surface area (Å²) < 4.78 is 10.8. The van der Waals surface area contributed by atoms with E-state index in [2.05, 4.69) is 10.1 Å². The van der Waals surface area contributed by atoms with Crippen LogP contribution in [0, 0.1) is 6.92 Å². The van der Waals surface area contributed by atoms with Crippen LogP contribution in [0.25, 0.3) is 11.5 Å². The zero-order valence-corrected chi connectivity index (χ0v) is 11.4. The predicted octanol–water partition coefficient (Wildman–Crippen LogP) is 3.24. The molecule has 1 aromatic carbocycles. The minimum Gasteiger partial charge on any atom is -0.508 e. The van der Waals surface area contributed by atoms with Crippen molar-refractivity contribution in [2.75, 3.05) is 6.61 Å². The number of hydrogen-bond donors (Lipinski definition) is 1. The van der Waals surface area contributed by atoms with Gasteiger partial charge in [0, 0.05) is 12.2 Å². The van der Waals surface area contributed by atoms with E-state index in [9.17, 15) is 5.11 Å². The zero-order chi connectivity index (χ0) is 13.8. The Morgan fingerprint density at radius 1 is 1.37 bits per heavy atom. The van der Waals surface area contributed by atoms with Crippen molar-refractivity contribution in [2.45, 2.75) is 33.3 Å². The largest absolute Gasteiger partial charge is 0.508 e. The van der Waals surface area contributed by atoms with Gasteiger partial charge in [0.2, 0.25) is 5.82 Å². The summed E-state index contributed by atoms with van der Waals surface area (Å²) in [5.74, 6) is 1.24. The highest BCUT2D eigenvalue weighted by atomic mass is 16.5. The highest BCUT2D eigenvalue weighted by molar-refractivity contribution is 5.59. The van der Waals surface area contributed by atoms with E-state index in [1.165, 1.54) is 0 Å². The smallest absolute Gasteiger partial charge is 0.258 e. The van der Waals surface area contributed by atoms with Gasteiger partial charge in [0.1, 0.15) is 11.9 Å². The van der Waals surface area contributed by atoms with Crippen LogP contribution in [-0.4, -0.2) is 21.9 Å². The number of hydrogen-bond acceptors (Lipinski definition) is 5. The Hall–Kier alpha value is -1.88. The molecule has 0 aliphatic rings. The third-order valence-electron chi connectivity index (χ3n) is 2.91. The third-order valence-corrected chi connectivity index (χ3v) is 2.91. The molecule has 19 heavy (non-hydrogen) atoms. The fourth-order valence-electron chi connectivity index (χ4n) is 1.94. The van der Waals surface area contributed by atoms with Gasteiger partial charge in [-0.1, -0.05) is 12.1 Å². The quantitative estimate of drug-likeness (QED) is 0.895. The van der Waals surface area contributed by atoms with E-state index < -0.39 is 0 Å². The van der Waals surface area contributed by atoms with E-state index in [0.29, 0.717) is 18.3 Å². The van der Waals surface area contributed by atoms with Crippen molar-refractivity contribution >= 4 is 0 Å². The number of phenolic OH excluding ortho intramolecular Hbond substituents is 1. The summed E-state index contributed by atoms with van der Waals surface area (Å²) in [5.41, 5.74) is 1.71. The molecule has 0 saturated heterocycles. The van der Waals surface area contributed by atoms with Gasteiger partial charge in [-0.05, 0) is 44.0 Å². The first-order chi connectivity index (χ1) is 9.15. The lowest BCUT2D eigenvalue weighted by atomic mass is 10.1. The van der Waals surface area contributed by atoms with Crippen LogP contribution >= 0.6 is 0 Å². The summed E-state index contributed by atoms with van der Waals surface area (Å²) in [6.07, 6.45) is 0.654. The number of aromatic hydroxyl groups is 1. The lowest BCUT2D eigenvalue weighted by Crippen LogP contribution is -2.04. The standard InChI is InChI=1S/C14H18N2O3/c1-4-12(18-5-2)13-15-14(19-16-13)11-7-6-10(17)8-9(11)3/h6-8,12,17H,4-5H2,1-3H3. The van der Waals surface area contributed by atoms with E-state index in [-0.39, 0.29) is 11.9 Å². The molecule has 5 heteroatoms. The van der Waals surface area contributed by atoms with E-state index >= 15 is 0 Å². The molecule has 0 spiro atoms. The molecule has 5 nitrogen and oxygen atoms in total. The van der Waals surface area contributed by atoms with Crippen LogP contribution in [-0.2, 0) is 4.74 Å². The Labute approximate surface area is 112 Å². The molecule has 0 radical (unpaired) electrons. The van der Waals surface area contributed by atoms with Gasteiger partial charge in [-0.25, -0.2) is 0 Å². The van der Waals surface area contributed by atoms with Crippen molar-refractivity contribution in [1.29, 1.82) is 0 Å². The van der Waals surface area contributed by atoms with Crippen molar-refractivity contribution in [2.24, 2.45) is 0 Å². The SMILES string of the molecule is CCOC(CC)c1noc(-c2ccc(O)cc2C)n1. The number of rotatable bonds is 5. The van der Waals surface area contributed by atoms with Crippen LogP contribution in [0.4, 0.5) is 0 Å². The average Bonchev–Trinajstić information content (AvgIpc) is 2.85. The van der Waals surface area contributed by atoms with Crippen molar-refractivity contribution in [3.05, 3.63) is 29.6 Å². The van der Waals surface area contributed by atoms with Gasteiger partial charge < -0.3 is 14.4 Å². The average molecular weight is 262 g/mol. The molecule has 2 rings (SSSR count). The Morgan fingerprint density at radius 3 is 2.79 bits per heavy atom. The lowest BCUT2D eigenvalue weighted by molar-refractivity contribution is 0.0518. The minimum atomic E-state index is -0.139. The summed E-state index contributed by atoms with van der Waals surface area (Å²) in [6, 6.07) is 5.04. The van der Waals surface area contributed by atoms with Crippen LogP contribution in [0.3, 0.4) is 0 Å². The van der Waals surface area contributed by atoms with Crippen molar-refractivity contribution < 1.29 is 14.4 Å². The van der Waals surface area contributed by atoms with Gasteiger partial charge in [-0.2, -0.15) is 4.98 Å². The van der Waals surface area contributed by atoms with Crippen LogP contribution in [0.15, 0.2) is 22.7 Å². The third kappa shape index (κ3) is 2.93. The fraction of sp³-hybridized carbons (Fsp3) is 0.429. The minimum absolute atomic E-state index is 0.139. The van der Waals surface area contributed by atoms with E-state index in [1.807, 2.05) is 20.8 Å². The number of ether oxygens (including phenoxy) is 1. The van der Waals surface area contributed by atoms with Gasteiger partial charge in [-0.15, -0.1) is 0 Å². The molecule has 102 valence electrons. The number of benzene rings is 1. The number of aromatic nitrogens is 2. The highest BCUT2D eigenvalue weighted by Crippen LogP contribution is 2.27. The summed E-state index contributed by atoms with van der Waals surface area (Å²) in [4.78, 5) is 4.38. The molecule has 0 aliphatic carbocycles. The van der Waals surface area contributed by atoms with Crippen LogP contribution in [0.5, 0.6) is 5.75 Å². The first kappa shape index (κ1) is 13.5. The Morgan fingerprint density at radius 2 is 2.16 bits per heavy atom. The topological polar surface area (TPSA) is 68.4 Å². The molecule has 0 saturated carbocycles. The van der Waals surface area contributed by atoms with E-state index in [4.69, 9.17) is 9.26 Å². The second kappa shape index (κ2) is 5.84. The second-order valence-electron chi connectivity index (χ2n) is 4.31. The molecule has 0 aliphatic heterocycles. The molecule has 0 fully saturated rings. The summed E-state index contributed by atoms with van der Waals surface area (Å²) in [6.45, 7) is 6.45. The molecule has 0 bridgehead atoms. The Bertz CT molecular complexity index is 551. The summed E-state index contributed by atoms with van der Waals surface area (Å²) >= 11 is 0. The molecule has 1 heterocycles. The monoisotopic (exact) mass is 262 g/mol. The predicted molar refractivity (Wildman–Crippen MR) is 70.8 cm³/mol. The molecule has 2 aromatic rings. The molecule has 1 aromatic heterocycles. The second-order valence-corrected chi connectivity index (χ2v) is 4.31. The highest BCUT2D eigenvalue weighted by Gasteiger charge is 2.18. The van der Waals surface area contributed by atoms with Crippen molar-refractivity contribution in [3.8, 4) is 17.2 Å². The van der Waals surface area contributed by atoms with Crippen LogP contribution in [0.1, 0.15) is 37.8 Å². The Kier molecular flexibility index (Phi) is 4.16. The van der Waals surface area contributed by atoms with E-state index in [0.717, 1.165) is 17.5 Å². The molecule has 1 unspecified atom stereocenters. The lowest BCUT2D eigenvalue weighted by Gasteiger charge is -2.09. The molecular formula is C14H18N2O3. The maximum Gasteiger partial charge on any atom is 0.258 e. The van der Waals surface area contributed by atoms with Gasteiger partial charge in [0.15, 0.2) is 0 Å². The molecular weight excluding hydrogens is 244 g/mol. The zero-order valence-electron chi connectivity index (χ0n) is 11.4. The number of nitrogens with zero attached hydrogens (tertiary/aromatic N) is 2.